The van der Waals surface area contributed by atoms with E-state index in [1.165, 1.54) is 0 Å². The summed E-state index contributed by atoms with van der Waals surface area (Å²) in [4.78, 5) is 29.2. The van der Waals surface area contributed by atoms with Gasteiger partial charge in [-0.3, -0.25) is 14.5 Å². The zero-order valence-electron chi connectivity index (χ0n) is 29.6. The van der Waals surface area contributed by atoms with Crippen LogP contribution in [0.25, 0.3) is 10.8 Å². The number of aliphatic hydroxyl groups is 2. The molecule has 4 N–H and O–H groups in total. The van der Waals surface area contributed by atoms with Gasteiger partial charge in [0.05, 0.1) is 18.1 Å². The SMILES string of the molecule is CC(C)[C@H](NC(=O)[C@@H](CSC(C)(C)C)Cc1cccc2ccccc12)C(=O)N[C@@H](Cc1ccccc1)[C@@H](O)C(O)CN1CCC[C@H]1C(F)(F)F. The van der Waals surface area contributed by atoms with Crippen LogP contribution in [0.5, 0.6) is 0 Å². The minimum absolute atomic E-state index is 0.0674. The van der Waals surface area contributed by atoms with Crippen LogP contribution < -0.4 is 10.6 Å². The molecule has 0 saturated carbocycles. The highest BCUT2D eigenvalue weighted by Gasteiger charge is 2.47. The number of nitrogens with one attached hydrogen (secondary N) is 2. The molecule has 50 heavy (non-hydrogen) atoms. The smallest absolute Gasteiger partial charge is 0.389 e. The Kier molecular flexibility index (Phi) is 13.8. The number of thioether (sulfide) groups is 1. The fourth-order valence-electron chi connectivity index (χ4n) is 6.55. The monoisotopic (exact) mass is 715 g/mol. The van der Waals surface area contributed by atoms with Crippen molar-refractivity contribution >= 4 is 34.3 Å². The molecule has 3 aromatic rings. The molecule has 274 valence electrons. The Labute approximate surface area is 298 Å². The Morgan fingerprint density at radius 1 is 0.900 bits per heavy atom. The quantitative estimate of drug-likeness (QED) is 0.151. The van der Waals surface area contributed by atoms with Gasteiger partial charge in [-0.25, -0.2) is 0 Å². The maximum atomic E-state index is 14.1. The molecule has 0 aliphatic carbocycles. The first-order chi connectivity index (χ1) is 23.5. The lowest BCUT2D eigenvalue weighted by atomic mass is 9.93. The number of amides is 2. The Morgan fingerprint density at radius 3 is 2.22 bits per heavy atom. The van der Waals surface area contributed by atoms with E-state index < -0.39 is 54.9 Å². The van der Waals surface area contributed by atoms with E-state index in [9.17, 15) is 33.0 Å². The molecule has 4 rings (SSSR count). The van der Waals surface area contributed by atoms with E-state index in [0.29, 0.717) is 18.6 Å². The first-order valence-electron chi connectivity index (χ1n) is 17.5. The summed E-state index contributed by atoms with van der Waals surface area (Å²) in [6.07, 6.45) is -6.71. The van der Waals surface area contributed by atoms with E-state index in [1.54, 1.807) is 23.9 Å². The standard InChI is InChI=1S/C39H52F3N3O4S/c1-25(2)34(44-36(48)29(24-50-38(3,4)5)22-28-17-11-16-27-15-9-10-18-30(27)28)37(49)43-31(21-26-13-7-6-8-14-26)35(47)32(46)23-45-20-12-19-33(45)39(40,41)42/h6-11,13-18,25,29,31-35,46-47H,12,19-24H2,1-5H3,(H,43,49)(H,44,48)/t29-,31+,32?,33+,34+,35-/m1/s1. The fourth-order valence-corrected chi connectivity index (χ4v) is 7.52. The van der Waals surface area contributed by atoms with Crippen LogP contribution in [0.3, 0.4) is 0 Å². The molecule has 0 bridgehead atoms. The molecule has 1 heterocycles. The summed E-state index contributed by atoms with van der Waals surface area (Å²) in [5, 5.41) is 30.4. The second-order valence-corrected chi connectivity index (χ2v) is 16.6. The Morgan fingerprint density at radius 2 is 1.56 bits per heavy atom. The van der Waals surface area contributed by atoms with Crippen molar-refractivity contribution < 1.29 is 33.0 Å². The number of β-amino-alcohol motifs (C(OH)–C–C–N with tert-alkyl or cyclic N) is 1. The molecule has 0 radical (unpaired) electrons. The molecule has 1 saturated heterocycles. The van der Waals surface area contributed by atoms with Crippen LogP contribution in [0.2, 0.25) is 0 Å². The summed E-state index contributed by atoms with van der Waals surface area (Å²) >= 11 is 1.68. The maximum Gasteiger partial charge on any atom is 0.404 e. The van der Waals surface area contributed by atoms with Crippen molar-refractivity contribution in [1.29, 1.82) is 0 Å². The Balaban J connectivity index is 1.53. The molecule has 0 aromatic heterocycles. The third kappa shape index (κ3) is 11.2. The first-order valence-corrected chi connectivity index (χ1v) is 18.4. The molecule has 1 fully saturated rings. The van der Waals surface area contributed by atoms with Crippen molar-refractivity contribution in [3.8, 4) is 0 Å². The number of nitrogens with zero attached hydrogens (tertiary/aromatic N) is 1. The largest absolute Gasteiger partial charge is 0.404 e. The molecule has 2 amide bonds. The van der Waals surface area contributed by atoms with Crippen molar-refractivity contribution in [2.75, 3.05) is 18.8 Å². The van der Waals surface area contributed by atoms with Gasteiger partial charge in [0.15, 0.2) is 0 Å². The molecule has 1 unspecified atom stereocenters. The molecule has 11 heteroatoms. The van der Waals surface area contributed by atoms with Gasteiger partial charge >= 0.3 is 6.18 Å². The number of aliphatic hydroxyl groups excluding tert-OH is 2. The van der Waals surface area contributed by atoms with Crippen LogP contribution in [0.4, 0.5) is 13.2 Å². The number of alkyl halides is 3. The molecule has 1 aliphatic rings. The minimum Gasteiger partial charge on any atom is -0.389 e. The van der Waals surface area contributed by atoms with Gasteiger partial charge in [0.25, 0.3) is 0 Å². The number of fused-ring (bicyclic) bond motifs is 1. The lowest BCUT2D eigenvalue weighted by molar-refractivity contribution is -0.180. The average Bonchev–Trinajstić information content (AvgIpc) is 3.53. The van der Waals surface area contributed by atoms with Gasteiger partial charge < -0.3 is 20.8 Å². The lowest BCUT2D eigenvalue weighted by Crippen LogP contribution is -2.58. The molecule has 6 atom stereocenters. The molecular weight excluding hydrogens is 664 g/mol. The normalized spacial score (nSPS) is 18.8. The Hall–Kier alpha value is -3.12. The van der Waals surface area contributed by atoms with Gasteiger partial charge in [-0.15, -0.1) is 0 Å². The van der Waals surface area contributed by atoms with Crippen LogP contribution in [-0.2, 0) is 22.4 Å². The zero-order valence-corrected chi connectivity index (χ0v) is 30.4. The van der Waals surface area contributed by atoms with Gasteiger partial charge in [0.1, 0.15) is 18.2 Å². The predicted molar refractivity (Wildman–Crippen MR) is 195 cm³/mol. The van der Waals surface area contributed by atoms with Crippen LogP contribution in [-0.4, -0.2) is 87.0 Å². The van der Waals surface area contributed by atoms with Crippen molar-refractivity contribution in [1.82, 2.24) is 15.5 Å². The van der Waals surface area contributed by atoms with Crippen LogP contribution in [0.15, 0.2) is 72.8 Å². The maximum absolute atomic E-state index is 14.1. The van der Waals surface area contributed by atoms with E-state index in [0.717, 1.165) is 26.8 Å². The molecule has 1 aliphatic heterocycles. The van der Waals surface area contributed by atoms with Crippen LogP contribution >= 0.6 is 11.8 Å². The first kappa shape index (κ1) is 39.7. The molecule has 7 nitrogen and oxygen atoms in total. The number of likely N-dealkylation sites (tertiary alicyclic amines) is 1. The van der Waals surface area contributed by atoms with E-state index in [1.807, 2.05) is 74.5 Å². The summed E-state index contributed by atoms with van der Waals surface area (Å²) in [6.45, 7) is 9.67. The summed E-state index contributed by atoms with van der Waals surface area (Å²) in [5.74, 6) is -1.06. The second kappa shape index (κ2) is 17.4. The molecule has 0 spiro atoms. The van der Waals surface area contributed by atoms with Gasteiger partial charge in [0.2, 0.25) is 11.8 Å². The van der Waals surface area contributed by atoms with Crippen molar-refractivity contribution in [2.24, 2.45) is 11.8 Å². The number of benzene rings is 3. The third-order valence-corrected chi connectivity index (χ3v) is 10.7. The average molecular weight is 716 g/mol. The predicted octanol–water partition coefficient (Wildman–Crippen LogP) is 6.15. The van der Waals surface area contributed by atoms with Crippen molar-refractivity contribution in [2.45, 2.75) is 102 Å². The third-order valence-electron chi connectivity index (χ3n) is 9.28. The number of carbonyl (C=O) groups excluding carboxylic acids is 2. The van der Waals surface area contributed by atoms with Gasteiger partial charge in [-0.2, -0.15) is 24.9 Å². The highest BCUT2D eigenvalue weighted by molar-refractivity contribution is 8.00. The van der Waals surface area contributed by atoms with E-state index in [4.69, 9.17) is 0 Å². The molecule has 3 aromatic carbocycles. The number of carbonyl (C=O) groups is 2. The molecular formula is C39H52F3N3O4S. The van der Waals surface area contributed by atoms with Crippen molar-refractivity contribution in [3.63, 3.8) is 0 Å². The number of halogens is 3. The van der Waals surface area contributed by atoms with Crippen LogP contribution in [0.1, 0.15) is 58.6 Å². The highest BCUT2D eigenvalue weighted by atomic mass is 32.2. The summed E-state index contributed by atoms with van der Waals surface area (Å²) in [6, 6.07) is 19.4. The van der Waals surface area contributed by atoms with Gasteiger partial charge in [-0.05, 0) is 60.0 Å². The van der Waals surface area contributed by atoms with E-state index >= 15 is 0 Å². The van der Waals surface area contributed by atoms with Crippen LogP contribution in [0, 0.1) is 11.8 Å². The fraction of sp³-hybridized carbons (Fsp3) is 0.538. The second-order valence-electron chi connectivity index (χ2n) is 14.8. The van der Waals surface area contributed by atoms with Gasteiger partial charge in [-0.1, -0.05) is 107 Å². The summed E-state index contributed by atoms with van der Waals surface area (Å²) in [5.41, 5.74) is 1.80. The van der Waals surface area contributed by atoms with E-state index in [2.05, 4.69) is 31.4 Å². The number of hydrogen-bond donors (Lipinski definition) is 4. The summed E-state index contributed by atoms with van der Waals surface area (Å²) < 4.78 is 40.8. The summed E-state index contributed by atoms with van der Waals surface area (Å²) in [7, 11) is 0. The Bertz CT molecular complexity index is 1540. The lowest BCUT2D eigenvalue weighted by Gasteiger charge is -2.34. The van der Waals surface area contributed by atoms with Crippen molar-refractivity contribution in [3.05, 3.63) is 83.9 Å². The highest BCUT2D eigenvalue weighted by Crippen LogP contribution is 2.33. The van der Waals surface area contributed by atoms with Gasteiger partial charge in [0, 0.05) is 17.0 Å². The zero-order chi connectivity index (χ0) is 36.6. The number of rotatable bonds is 15. The number of hydrogen-bond acceptors (Lipinski definition) is 6. The minimum atomic E-state index is -4.45. The van der Waals surface area contributed by atoms with E-state index in [-0.39, 0.29) is 36.0 Å². The topological polar surface area (TPSA) is 102 Å².